The molecule has 1 aromatic heterocycles. The van der Waals surface area contributed by atoms with Crippen molar-refractivity contribution in [2.45, 2.75) is 13.5 Å². The summed E-state index contributed by atoms with van der Waals surface area (Å²) in [5, 5.41) is 0. The van der Waals surface area contributed by atoms with E-state index in [1.807, 2.05) is 53.4 Å². The van der Waals surface area contributed by atoms with Crippen LogP contribution in [0.3, 0.4) is 0 Å². The molecule has 0 saturated carbocycles. The van der Waals surface area contributed by atoms with Crippen LogP contribution in [0.2, 0.25) is 0 Å². The number of carbonyl (C=O) groups excluding carboxylic acids is 1. The molecule has 0 amide bonds. The van der Waals surface area contributed by atoms with Crippen LogP contribution in [0, 0.1) is 0 Å². The molecule has 3 heteroatoms. The van der Waals surface area contributed by atoms with Crippen molar-refractivity contribution in [1.29, 1.82) is 0 Å². The molecule has 17 heavy (non-hydrogen) atoms. The van der Waals surface area contributed by atoms with Crippen molar-refractivity contribution in [1.82, 2.24) is 4.57 Å². The third-order valence-corrected chi connectivity index (χ3v) is 2.52. The van der Waals surface area contributed by atoms with Gasteiger partial charge in [0.05, 0.1) is 6.54 Å². The first-order chi connectivity index (χ1) is 8.25. The van der Waals surface area contributed by atoms with Crippen LogP contribution in [0.1, 0.15) is 17.3 Å². The van der Waals surface area contributed by atoms with Crippen LogP contribution in [0.15, 0.2) is 48.8 Å². The van der Waals surface area contributed by atoms with Crippen molar-refractivity contribution in [3.05, 3.63) is 54.4 Å². The lowest BCUT2D eigenvalue weighted by molar-refractivity contribution is 0.101. The summed E-state index contributed by atoms with van der Waals surface area (Å²) in [4.78, 5) is 11.1. The smallest absolute Gasteiger partial charge is 0.161 e. The van der Waals surface area contributed by atoms with E-state index in [1.54, 1.807) is 6.92 Å². The van der Waals surface area contributed by atoms with Gasteiger partial charge in [-0.2, -0.15) is 0 Å². The van der Waals surface area contributed by atoms with Crippen molar-refractivity contribution in [3.8, 4) is 5.75 Å². The van der Waals surface area contributed by atoms with Crippen LogP contribution in [-0.2, 0) is 6.54 Å². The lowest BCUT2D eigenvalue weighted by Crippen LogP contribution is -2.06. The highest BCUT2D eigenvalue weighted by atomic mass is 16.5. The van der Waals surface area contributed by atoms with E-state index in [9.17, 15) is 4.79 Å². The largest absolute Gasteiger partial charge is 0.492 e. The predicted octanol–water partition coefficient (Wildman–Crippen LogP) is 2.77. The summed E-state index contributed by atoms with van der Waals surface area (Å²) in [6.45, 7) is 2.90. The van der Waals surface area contributed by atoms with E-state index >= 15 is 0 Å². The third kappa shape index (κ3) is 3.21. The molecule has 0 bridgehead atoms. The molecule has 0 aliphatic carbocycles. The van der Waals surface area contributed by atoms with Crippen LogP contribution < -0.4 is 4.74 Å². The summed E-state index contributed by atoms with van der Waals surface area (Å²) >= 11 is 0. The van der Waals surface area contributed by atoms with Gasteiger partial charge < -0.3 is 9.30 Å². The minimum atomic E-state index is 0.0905. The van der Waals surface area contributed by atoms with Crippen LogP contribution in [0.5, 0.6) is 5.75 Å². The maximum Gasteiger partial charge on any atom is 0.161 e. The molecular formula is C14H15NO2. The van der Waals surface area contributed by atoms with Crippen LogP contribution in [-0.4, -0.2) is 17.0 Å². The van der Waals surface area contributed by atoms with E-state index in [-0.39, 0.29) is 5.78 Å². The topological polar surface area (TPSA) is 31.2 Å². The molecule has 0 spiro atoms. The van der Waals surface area contributed by atoms with Gasteiger partial charge in [0.2, 0.25) is 0 Å². The summed E-state index contributed by atoms with van der Waals surface area (Å²) in [6, 6.07) is 11.5. The highest BCUT2D eigenvalue weighted by Crippen LogP contribution is 2.08. The second-order valence-corrected chi connectivity index (χ2v) is 3.86. The molecule has 2 aromatic rings. The molecule has 0 unspecified atom stereocenters. The number of carbonyl (C=O) groups is 1. The molecular weight excluding hydrogens is 214 g/mol. The number of aromatic nitrogens is 1. The van der Waals surface area contributed by atoms with Crippen molar-refractivity contribution < 1.29 is 9.53 Å². The maximum absolute atomic E-state index is 11.1. The zero-order valence-electron chi connectivity index (χ0n) is 9.80. The number of ketones is 1. The van der Waals surface area contributed by atoms with E-state index in [0.29, 0.717) is 6.61 Å². The van der Waals surface area contributed by atoms with Crippen LogP contribution in [0.4, 0.5) is 0 Å². The van der Waals surface area contributed by atoms with E-state index < -0.39 is 0 Å². The molecule has 2 rings (SSSR count). The molecule has 0 radical (unpaired) electrons. The Balaban J connectivity index is 1.84. The fourth-order valence-electron chi connectivity index (χ4n) is 1.57. The van der Waals surface area contributed by atoms with Crippen LogP contribution in [0.25, 0.3) is 0 Å². The van der Waals surface area contributed by atoms with Gasteiger partial charge in [-0.05, 0) is 25.1 Å². The minimum absolute atomic E-state index is 0.0905. The van der Waals surface area contributed by atoms with Gasteiger partial charge in [-0.25, -0.2) is 0 Å². The number of hydrogen-bond acceptors (Lipinski definition) is 2. The van der Waals surface area contributed by atoms with Crippen molar-refractivity contribution in [3.63, 3.8) is 0 Å². The number of benzene rings is 1. The Morgan fingerprint density at radius 2 is 2.00 bits per heavy atom. The Morgan fingerprint density at radius 1 is 1.24 bits per heavy atom. The molecule has 3 nitrogen and oxygen atoms in total. The van der Waals surface area contributed by atoms with Gasteiger partial charge >= 0.3 is 0 Å². The summed E-state index contributed by atoms with van der Waals surface area (Å²) in [5.74, 6) is 0.958. The Morgan fingerprint density at radius 3 is 2.65 bits per heavy atom. The lowest BCUT2D eigenvalue weighted by Gasteiger charge is -2.06. The second kappa shape index (κ2) is 5.34. The summed E-state index contributed by atoms with van der Waals surface area (Å²) in [5.41, 5.74) is 0.740. The number of Topliss-reactive ketones (excluding diaryl/α,β-unsaturated/α-hetero) is 1. The van der Waals surface area contributed by atoms with Crippen LogP contribution >= 0.6 is 0 Å². The Hall–Kier alpha value is -2.03. The zero-order chi connectivity index (χ0) is 12.1. The molecule has 0 N–H and O–H groups in total. The Bertz CT molecular complexity index is 488. The van der Waals surface area contributed by atoms with Gasteiger partial charge in [-0.15, -0.1) is 0 Å². The Kier molecular flexibility index (Phi) is 3.60. The van der Waals surface area contributed by atoms with Gasteiger partial charge in [-0.1, -0.05) is 18.2 Å². The molecule has 88 valence electrons. The fraction of sp³-hybridized carbons (Fsp3) is 0.214. The van der Waals surface area contributed by atoms with Gasteiger partial charge in [-0.3, -0.25) is 4.79 Å². The highest BCUT2D eigenvalue weighted by Gasteiger charge is 2.01. The van der Waals surface area contributed by atoms with Gasteiger partial charge in [0, 0.05) is 18.0 Å². The second-order valence-electron chi connectivity index (χ2n) is 3.86. The van der Waals surface area contributed by atoms with E-state index in [4.69, 9.17) is 4.74 Å². The van der Waals surface area contributed by atoms with Gasteiger partial charge in [0.15, 0.2) is 5.78 Å². The van der Waals surface area contributed by atoms with Crippen molar-refractivity contribution in [2.75, 3.05) is 6.61 Å². The summed E-state index contributed by atoms with van der Waals surface area (Å²) in [6.07, 6.45) is 3.74. The molecule has 0 fully saturated rings. The number of para-hydroxylation sites is 1. The number of rotatable bonds is 5. The number of ether oxygens (including phenoxy) is 1. The maximum atomic E-state index is 11.1. The lowest BCUT2D eigenvalue weighted by atomic mass is 10.2. The number of hydrogen-bond donors (Lipinski definition) is 0. The monoisotopic (exact) mass is 229 g/mol. The third-order valence-electron chi connectivity index (χ3n) is 2.52. The van der Waals surface area contributed by atoms with E-state index in [1.165, 1.54) is 0 Å². The van der Waals surface area contributed by atoms with Gasteiger partial charge in [0.25, 0.3) is 0 Å². The van der Waals surface area contributed by atoms with Crippen molar-refractivity contribution >= 4 is 5.78 Å². The standard InChI is InChI=1S/C14H15NO2/c1-12(16)13-7-8-15(11-13)9-10-17-14-5-3-2-4-6-14/h2-8,11H,9-10H2,1H3. The molecule has 0 aliphatic heterocycles. The molecule has 1 heterocycles. The first-order valence-corrected chi connectivity index (χ1v) is 5.60. The average molecular weight is 229 g/mol. The SMILES string of the molecule is CC(=O)c1ccn(CCOc2ccccc2)c1. The zero-order valence-corrected chi connectivity index (χ0v) is 9.80. The van der Waals surface area contributed by atoms with Crippen molar-refractivity contribution in [2.24, 2.45) is 0 Å². The highest BCUT2D eigenvalue weighted by molar-refractivity contribution is 5.93. The summed E-state index contributed by atoms with van der Waals surface area (Å²) in [7, 11) is 0. The summed E-state index contributed by atoms with van der Waals surface area (Å²) < 4.78 is 7.53. The molecule has 0 aliphatic rings. The first-order valence-electron chi connectivity index (χ1n) is 5.60. The Labute approximate surface area is 101 Å². The predicted molar refractivity (Wildman–Crippen MR) is 66.4 cm³/mol. The number of nitrogens with zero attached hydrogens (tertiary/aromatic N) is 1. The van der Waals surface area contributed by atoms with E-state index in [0.717, 1.165) is 17.9 Å². The molecule has 0 atom stereocenters. The van der Waals surface area contributed by atoms with E-state index in [2.05, 4.69) is 0 Å². The fourth-order valence-corrected chi connectivity index (χ4v) is 1.57. The molecule has 0 saturated heterocycles. The average Bonchev–Trinajstić information content (AvgIpc) is 2.79. The minimum Gasteiger partial charge on any atom is -0.492 e. The van der Waals surface area contributed by atoms with Gasteiger partial charge in [0.1, 0.15) is 12.4 Å². The molecule has 1 aromatic carbocycles. The normalized spacial score (nSPS) is 10.2. The quantitative estimate of drug-likeness (QED) is 0.738. The first kappa shape index (κ1) is 11.5.